The van der Waals surface area contributed by atoms with Gasteiger partial charge in [0.25, 0.3) is 0 Å². The van der Waals surface area contributed by atoms with Crippen LogP contribution in [0.5, 0.6) is 0 Å². The van der Waals surface area contributed by atoms with Crippen molar-refractivity contribution in [1.29, 1.82) is 0 Å². The fraction of sp³-hybridized carbons (Fsp3) is 0.632. The fourth-order valence-corrected chi connectivity index (χ4v) is 3.79. The Labute approximate surface area is 138 Å². The lowest BCUT2D eigenvalue weighted by atomic mass is 9.88. The van der Waals surface area contributed by atoms with Gasteiger partial charge in [0.15, 0.2) is 0 Å². The molecule has 2 aliphatic rings. The van der Waals surface area contributed by atoms with E-state index in [0.717, 1.165) is 44.3 Å². The average molecular weight is 318 g/mol. The number of nitrogens with zero attached hydrogens (tertiary/aromatic N) is 1. The van der Waals surface area contributed by atoms with Crippen molar-refractivity contribution in [2.75, 3.05) is 13.1 Å². The summed E-state index contributed by atoms with van der Waals surface area (Å²) in [6.07, 6.45) is 7.70. The summed E-state index contributed by atoms with van der Waals surface area (Å²) in [6.45, 7) is 2.50. The van der Waals surface area contributed by atoms with Gasteiger partial charge in [-0.3, -0.25) is 9.69 Å². The van der Waals surface area contributed by atoms with Gasteiger partial charge in [-0.05, 0) is 31.7 Å². The smallest absolute Gasteiger partial charge is 0.223 e. The molecule has 0 aromatic heterocycles. The zero-order valence-corrected chi connectivity index (χ0v) is 13.8. The Kier molecular flexibility index (Phi) is 5.65. The molecule has 0 radical (unpaired) electrons. The maximum absolute atomic E-state index is 13.7. The number of hydrogen-bond donors (Lipinski definition) is 1. The number of likely N-dealkylation sites (tertiary alicyclic amines) is 1. The molecule has 0 bridgehead atoms. The van der Waals surface area contributed by atoms with Gasteiger partial charge in [-0.15, -0.1) is 0 Å². The van der Waals surface area contributed by atoms with Crippen LogP contribution >= 0.6 is 0 Å². The van der Waals surface area contributed by atoms with E-state index in [-0.39, 0.29) is 17.6 Å². The van der Waals surface area contributed by atoms with Crippen LogP contribution in [0.2, 0.25) is 0 Å². The van der Waals surface area contributed by atoms with E-state index in [9.17, 15) is 9.18 Å². The lowest BCUT2D eigenvalue weighted by molar-refractivity contribution is -0.127. The van der Waals surface area contributed by atoms with Gasteiger partial charge in [0.2, 0.25) is 5.91 Å². The molecule has 0 spiro atoms. The summed E-state index contributed by atoms with van der Waals surface area (Å²) < 4.78 is 13.7. The second-order valence-corrected chi connectivity index (χ2v) is 6.99. The molecule has 1 aliphatic carbocycles. The molecule has 1 amide bonds. The Morgan fingerprint density at radius 2 is 1.78 bits per heavy atom. The largest absolute Gasteiger partial charge is 0.353 e. The standard InChI is InChI=1S/C19H27FN2O/c20-18-9-5-4-8-16(18)14-22-12-10-17(11-13-22)21-19(23)15-6-2-1-3-7-15/h4-5,8-9,15,17H,1-3,6-7,10-14H2,(H,21,23). The highest BCUT2D eigenvalue weighted by Gasteiger charge is 2.26. The first kappa shape index (κ1) is 16.4. The first-order valence-electron chi connectivity index (χ1n) is 8.98. The van der Waals surface area contributed by atoms with Gasteiger partial charge in [-0.1, -0.05) is 37.5 Å². The Balaban J connectivity index is 1.43. The summed E-state index contributed by atoms with van der Waals surface area (Å²) in [4.78, 5) is 14.6. The fourth-order valence-electron chi connectivity index (χ4n) is 3.79. The van der Waals surface area contributed by atoms with Crippen molar-refractivity contribution >= 4 is 5.91 Å². The monoisotopic (exact) mass is 318 g/mol. The molecule has 23 heavy (non-hydrogen) atoms. The summed E-state index contributed by atoms with van der Waals surface area (Å²) in [6, 6.07) is 7.28. The molecule has 126 valence electrons. The number of carbonyl (C=O) groups excluding carboxylic acids is 1. The second-order valence-electron chi connectivity index (χ2n) is 6.99. The summed E-state index contributed by atoms with van der Waals surface area (Å²) in [7, 11) is 0. The third-order valence-corrected chi connectivity index (χ3v) is 5.26. The van der Waals surface area contributed by atoms with Gasteiger partial charge in [-0.2, -0.15) is 0 Å². The minimum Gasteiger partial charge on any atom is -0.353 e. The molecule has 1 aromatic carbocycles. The van der Waals surface area contributed by atoms with E-state index < -0.39 is 0 Å². The number of piperidine rings is 1. The zero-order chi connectivity index (χ0) is 16.1. The Morgan fingerprint density at radius 1 is 1.09 bits per heavy atom. The van der Waals surface area contributed by atoms with Crippen LogP contribution in [-0.4, -0.2) is 29.9 Å². The van der Waals surface area contributed by atoms with E-state index in [2.05, 4.69) is 10.2 Å². The topological polar surface area (TPSA) is 32.3 Å². The molecule has 1 aromatic rings. The number of carbonyl (C=O) groups is 1. The summed E-state index contributed by atoms with van der Waals surface area (Å²) in [5.74, 6) is 0.373. The van der Waals surface area contributed by atoms with Crippen LogP contribution < -0.4 is 5.32 Å². The molecule has 1 N–H and O–H groups in total. The van der Waals surface area contributed by atoms with Crippen LogP contribution in [0.4, 0.5) is 4.39 Å². The highest BCUT2D eigenvalue weighted by atomic mass is 19.1. The summed E-state index contributed by atoms with van der Waals surface area (Å²) in [5.41, 5.74) is 0.761. The zero-order valence-electron chi connectivity index (χ0n) is 13.8. The van der Waals surface area contributed by atoms with Gasteiger partial charge < -0.3 is 5.32 Å². The van der Waals surface area contributed by atoms with E-state index in [4.69, 9.17) is 0 Å². The van der Waals surface area contributed by atoms with E-state index in [1.54, 1.807) is 6.07 Å². The SMILES string of the molecule is O=C(NC1CCN(Cc2ccccc2F)CC1)C1CCCCC1. The van der Waals surface area contributed by atoms with Crippen molar-refractivity contribution in [2.45, 2.75) is 57.5 Å². The van der Waals surface area contributed by atoms with Gasteiger partial charge in [0, 0.05) is 37.2 Å². The maximum Gasteiger partial charge on any atom is 0.223 e. The molecule has 0 atom stereocenters. The van der Waals surface area contributed by atoms with Gasteiger partial charge in [-0.25, -0.2) is 4.39 Å². The number of rotatable bonds is 4. The predicted molar refractivity (Wildman–Crippen MR) is 89.4 cm³/mol. The third kappa shape index (κ3) is 4.54. The Hall–Kier alpha value is -1.42. The molecule has 0 unspecified atom stereocenters. The van der Waals surface area contributed by atoms with Crippen molar-refractivity contribution in [2.24, 2.45) is 5.92 Å². The molecule has 1 saturated heterocycles. The lowest BCUT2D eigenvalue weighted by Gasteiger charge is -2.33. The molecule has 1 aliphatic heterocycles. The molecule has 2 fully saturated rings. The second kappa shape index (κ2) is 7.91. The van der Waals surface area contributed by atoms with Crippen LogP contribution in [0.1, 0.15) is 50.5 Å². The minimum absolute atomic E-state index is 0.125. The Morgan fingerprint density at radius 3 is 2.48 bits per heavy atom. The number of hydrogen-bond acceptors (Lipinski definition) is 2. The van der Waals surface area contributed by atoms with Gasteiger partial charge in [0.05, 0.1) is 0 Å². The average Bonchev–Trinajstić information content (AvgIpc) is 2.59. The van der Waals surface area contributed by atoms with Gasteiger partial charge in [0.1, 0.15) is 5.82 Å². The predicted octanol–water partition coefficient (Wildman–Crippen LogP) is 3.49. The first-order chi connectivity index (χ1) is 11.2. The Bertz CT molecular complexity index is 520. The van der Waals surface area contributed by atoms with Crippen LogP contribution in [0.3, 0.4) is 0 Å². The van der Waals surface area contributed by atoms with Crippen molar-refractivity contribution in [3.05, 3.63) is 35.6 Å². The first-order valence-corrected chi connectivity index (χ1v) is 8.98. The number of halogens is 1. The van der Waals surface area contributed by atoms with Crippen molar-refractivity contribution in [3.8, 4) is 0 Å². The number of amides is 1. The van der Waals surface area contributed by atoms with E-state index in [0.29, 0.717) is 12.6 Å². The van der Waals surface area contributed by atoms with Crippen LogP contribution in [0.15, 0.2) is 24.3 Å². The van der Waals surface area contributed by atoms with Crippen molar-refractivity contribution in [3.63, 3.8) is 0 Å². The molecular weight excluding hydrogens is 291 g/mol. The normalized spacial score (nSPS) is 21.3. The van der Waals surface area contributed by atoms with Crippen LogP contribution in [0, 0.1) is 11.7 Å². The van der Waals surface area contributed by atoms with Gasteiger partial charge >= 0.3 is 0 Å². The molecular formula is C19H27FN2O. The molecule has 3 nitrogen and oxygen atoms in total. The molecule has 1 heterocycles. The molecule has 4 heteroatoms. The minimum atomic E-state index is -0.125. The lowest BCUT2D eigenvalue weighted by Crippen LogP contribution is -2.46. The highest BCUT2D eigenvalue weighted by molar-refractivity contribution is 5.79. The summed E-state index contributed by atoms with van der Waals surface area (Å²) in [5, 5.41) is 3.24. The molecule has 1 saturated carbocycles. The van der Waals surface area contributed by atoms with Crippen molar-refractivity contribution in [1.82, 2.24) is 10.2 Å². The van der Waals surface area contributed by atoms with E-state index >= 15 is 0 Å². The number of nitrogens with one attached hydrogen (secondary N) is 1. The van der Waals surface area contributed by atoms with E-state index in [1.807, 2.05) is 12.1 Å². The van der Waals surface area contributed by atoms with E-state index in [1.165, 1.54) is 25.3 Å². The van der Waals surface area contributed by atoms with Crippen LogP contribution in [0.25, 0.3) is 0 Å². The quantitative estimate of drug-likeness (QED) is 0.922. The highest BCUT2D eigenvalue weighted by Crippen LogP contribution is 2.24. The number of benzene rings is 1. The third-order valence-electron chi connectivity index (χ3n) is 5.26. The van der Waals surface area contributed by atoms with Crippen molar-refractivity contribution < 1.29 is 9.18 Å². The molecule has 3 rings (SSSR count). The maximum atomic E-state index is 13.7. The van der Waals surface area contributed by atoms with Crippen LogP contribution in [-0.2, 0) is 11.3 Å². The summed E-state index contributed by atoms with van der Waals surface area (Å²) >= 11 is 0.